The van der Waals surface area contributed by atoms with Gasteiger partial charge in [0.25, 0.3) is 0 Å². The van der Waals surface area contributed by atoms with Crippen LogP contribution in [0.2, 0.25) is 0 Å². The Morgan fingerprint density at radius 1 is 1.22 bits per heavy atom. The Hall–Kier alpha value is -1.62. The van der Waals surface area contributed by atoms with Gasteiger partial charge in [0.05, 0.1) is 11.7 Å². The Morgan fingerprint density at radius 2 is 2.00 bits per heavy atom. The van der Waals surface area contributed by atoms with Crippen molar-refractivity contribution in [3.63, 3.8) is 0 Å². The molecule has 2 atom stereocenters. The number of hydrogen-bond acceptors (Lipinski definition) is 3. The van der Waals surface area contributed by atoms with E-state index in [1.165, 1.54) is 17.5 Å². The molecule has 1 aliphatic rings. The summed E-state index contributed by atoms with van der Waals surface area (Å²) in [5.74, 6) is 0.755. The average molecular weight is 410 g/mol. The molecule has 0 saturated carbocycles. The standard InChI is InChI=1S/C21H27N3O.2ClH/c1-16-5-7-17(8-6-16)14-20(19-4-2-3-12-23-19)24-21(25)10-9-18-11-13-22-15-18;;/h2-8,12,18,20,22H,9-11,13-15H2,1H3,(H,24,25);2*1H. The molecule has 1 amide bonds. The summed E-state index contributed by atoms with van der Waals surface area (Å²) in [6.07, 6.45) is 5.27. The van der Waals surface area contributed by atoms with E-state index < -0.39 is 0 Å². The Balaban J connectivity index is 0.00000182. The molecule has 2 aromatic rings. The van der Waals surface area contributed by atoms with Crippen LogP contribution in [0.25, 0.3) is 0 Å². The molecule has 3 rings (SSSR count). The maximum absolute atomic E-state index is 12.5. The fraction of sp³-hybridized carbons (Fsp3) is 0.429. The van der Waals surface area contributed by atoms with Crippen molar-refractivity contribution in [2.45, 2.75) is 38.6 Å². The molecule has 4 nitrogen and oxygen atoms in total. The van der Waals surface area contributed by atoms with E-state index in [-0.39, 0.29) is 36.8 Å². The van der Waals surface area contributed by atoms with Crippen LogP contribution < -0.4 is 10.6 Å². The van der Waals surface area contributed by atoms with Crippen LogP contribution in [0.5, 0.6) is 0 Å². The molecule has 27 heavy (non-hydrogen) atoms. The van der Waals surface area contributed by atoms with Gasteiger partial charge in [0.2, 0.25) is 5.91 Å². The Bertz CT molecular complexity index is 674. The highest BCUT2D eigenvalue weighted by atomic mass is 35.5. The number of halogens is 2. The Morgan fingerprint density at radius 3 is 2.63 bits per heavy atom. The van der Waals surface area contributed by atoms with E-state index in [9.17, 15) is 4.79 Å². The summed E-state index contributed by atoms with van der Waals surface area (Å²) in [7, 11) is 0. The van der Waals surface area contributed by atoms with Gasteiger partial charge in [0.15, 0.2) is 0 Å². The van der Waals surface area contributed by atoms with Crippen LogP contribution in [0.4, 0.5) is 0 Å². The molecular formula is C21H29Cl2N3O. The van der Waals surface area contributed by atoms with E-state index in [2.05, 4.69) is 46.8 Å². The van der Waals surface area contributed by atoms with E-state index in [0.29, 0.717) is 12.3 Å². The van der Waals surface area contributed by atoms with Crippen LogP contribution >= 0.6 is 24.8 Å². The maximum atomic E-state index is 12.5. The van der Waals surface area contributed by atoms with Crippen LogP contribution in [0.15, 0.2) is 48.7 Å². The predicted octanol–water partition coefficient (Wildman–Crippen LogP) is 4.02. The van der Waals surface area contributed by atoms with Gasteiger partial charge in [-0.25, -0.2) is 0 Å². The van der Waals surface area contributed by atoms with E-state index >= 15 is 0 Å². The number of hydrogen-bond donors (Lipinski definition) is 2. The number of aromatic nitrogens is 1. The van der Waals surface area contributed by atoms with Crippen LogP contribution in [-0.2, 0) is 11.2 Å². The fourth-order valence-electron chi connectivity index (χ4n) is 3.33. The largest absolute Gasteiger partial charge is 0.347 e. The number of nitrogens with one attached hydrogen (secondary N) is 2. The summed E-state index contributed by atoms with van der Waals surface area (Å²) in [5, 5.41) is 6.56. The summed E-state index contributed by atoms with van der Waals surface area (Å²) in [4.78, 5) is 16.9. The zero-order valence-corrected chi connectivity index (χ0v) is 17.3. The summed E-state index contributed by atoms with van der Waals surface area (Å²) in [6, 6.07) is 14.3. The van der Waals surface area contributed by atoms with Gasteiger partial charge in [-0.15, -0.1) is 24.8 Å². The zero-order valence-electron chi connectivity index (χ0n) is 15.7. The second-order valence-electron chi connectivity index (χ2n) is 6.96. The summed E-state index contributed by atoms with van der Waals surface area (Å²) in [5.41, 5.74) is 3.37. The van der Waals surface area contributed by atoms with Gasteiger partial charge in [0.1, 0.15) is 0 Å². The molecule has 148 valence electrons. The van der Waals surface area contributed by atoms with Crippen molar-refractivity contribution in [1.29, 1.82) is 0 Å². The maximum Gasteiger partial charge on any atom is 0.220 e. The van der Waals surface area contributed by atoms with E-state index in [1.807, 2.05) is 18.2 Å². The monoisotopic (exact) mass is 409 g/mol. The van der Waals surface area contributed by atoms with Crippen molar-refractivity contribution in [3.8, 4) is 0 Å². The smallest absolute Gasteiger partial charge is 0.220 e. The van der Waals surface area contributed by atoms with Gasteiger partial charge in [-0.2, -0.15) is 0 Å². The molecule has 2 unspecified atom stereocenters. The quantitative estimate of drug-likeness (QED) is 0.725. The molecule has 1 aromatic heterocycles. The lowest BCUT2D eigenvalue weighted by Gasteiger charge is -2.19. The number of carbonyl (C=O) groups excluding carboxylic acids is 1. The molecule has 1 fully saturated rings. The van der Waals surface area contributed by atoms with Crippen molar-refractivity contribution in [2.75, 3.05) is 13.1 Å². The first-order valence-corrected chi connectivity index (χ1v) is 9.17. The molecule has 0 aliphatic carbocycles. The SMILES string of the molecule is Cc1ccc(CC(NC(=O)CCC2CCNC2)c2ccccn2)cc1.Cl.Cl. The van der Waals surface area contributed by atoms with Gasteiger partial charge in [-0.3, -0.25) is 9.78 Å². The Labute approximate surface area is 174 Å². The minimum atomic E-state index is -0.0851. The third kappa shape index (κ3) is 7.49. The first-order chi connectivity index (χ1) is 12.2. The minimum Gasteiger partial charge on any atom is -0.347 e. The second-order valence-corrected chi connectivity index (χ2v) is 6.96. The molecule has 1 aliphatic heterocycles. The lowest BCUT2D eigenvalue weighted by atomic mass is 10.00. The van der Waals surface area contributed by atoms with Crippen molar-refractivity contribution in [3.05, 3.63) is 65.5 Å². The second kappa shape index (κ2) is 12.0. The van der Waals surface area contributed by atoms with E-state index in [0.717, 1.165) is 31.6 Å². The molecule has 0 bridgehead atoms. The summed E-state index contributed by atoms with van der Waals surface area (Å²) >= 11 is 0. The van der Waals surface area contributed by atoms with Crippen LogP contribution in [0.1, 0.15) is 42.1 Å². The number of rotatable bonds is 7. The molecule has 2 N–H and O–H groups in total. The lowest BCUT2D eigenvalue weighted by molar-refractivity contribution is -0.122. The number of nitrogens with zero attached hydrogens (tertiary/aromatic N) is 1. The normalized spacial score (nSPS) is 16.7. The summed E-state index contributed by atoms with van der Waals surface area (Å²) in [6.45, 7) is 4.20. The van der Waals surface area contributed by atoms with Crippen molar-refractivity contribution in [1.82, 2.24) is 15.6 Å². The molecular weight excluding hydrogens is 381 g/mol. The molecule has 0 spiro atoms. The molecule has 0 radical (unpaired) electrons. The number of aryl methyl sites for hydroxylation is 1. The molecule has 2 heterocycles. The van der Waals surface area contributed by atoms with E-state index in [1.54, 1.807) is 6.20 Å². The predicted molar refractivity (Wildman–Crippen MR) is 115 cm³/mol. The van der Waals surface area contributed by atoms with Gasteiger partial charge in [-0.1, -0.05) is 35.9 Å². The lowest BCUT2D eigenvalue weighted by Crippen LogP contribution is -2.30. The third-order valence-corrected chi connectivity index (χ3v) is 4.88. The number of benzene rings is 1. The number of carbonyl (C=O) groups is 1. The highest BCUT2D eigenvalue weighted by molar-refractivity contribution is 5.85. The first-order valence-electron chi connectivity index (χ1n) is 9.17. The minimum absolute atomic E-state index is 0. The topological polar surface area (TPSA) is 54.0 Å². The van der Waals surface area contributed by atoms with Gasteiger partial charge in [-0.05, 0) is 62.9 Å². The van der Waals surface area contributed by atoms with Crippen LogP contribution in [-0.4, -0.2) is 24.0 Å². The van der Waals surface area contributed by atoms with Crippen LogP contribution in [0.3, 0.4) is 0 Å². The zero-order chi connectivity index (χ0) is 17.5. The third-order valence-electron chi connectivity index (χ3n) is 4.88. The molecule has 6 heteroatoms. The first kappa shape index (κ1) is 23.4. The van der Waals surface area contributed by atoms with Gasteiger partial charge < -0.3 is 10.6 Å². The average Bonchev–Trinajstić information content (AvgIpc) is 3.16. The highest BCUT2D eigenvalue weighted by Crippen LogP contribution is 2.19. The van der Waals surface area contributed by atoms with Crippen LogP contribution in [0, 0.1) is 12.8 Å². The van der Waals surface area contributed by atoms with E-state index in [4.69, 9.17) is 0 Å². The highest BCUT2D eigenvalue weighted by Gasteiger charge is 2.19. The van der Waals surface area contributed by atoms with Gasteiger partial charge >= 0.3 is 0 Å². The van der Waals surface area contributed by atoms with Crippen molar-refractivity contribution >= 4 is 30.7 Å². The molecule has 1 saturated heterocycles. The van der Waals surface area contributed by atoms with Gasteiger partial charge in [0, 0.05) is 12.6 Å². The van der Waals surface area contributed by atoms with Crippen molar-refractivity contribution in [2.24, 2.45) is 5.92 Å². The summed E-state index contributed by atoms with van der Waals surface area (Å²) < 4.78 is 0. The van der Waals surface area contributed by atoms with Crippen molar-refractivity contribution < 1.29 is 4.79 Å². The fourth-order valence-corrected chi connectivity index (χ4v) is 3.33. The molecule has 1 aromatic carbocycles. The Kier molecular flexibility index (Phi) is 10.4. The number of pyridine rings is 1. The number of amides is 1.